The lowest BCUT2D eigenvalue weighted by molar-refractivity contribution is -0.113. The van der Waals surface area contributed by atoms with Gasteiger partial charge in [0.2, 0.25) is 5.91 Å². The first-order valence-electron chi connectivity index (χ1n) is 10.5. The molecule has 4 rings (SSSR count). The third-order valence-corrected chi connectivity index (χ3v) is 8.36. The quantitative estimate of drug-likeness (QED) is 0.254. The maximum atomic E-state index is 12.8. The summed E-state index contributed by atoms with van der Waals surface area (Å²) in [6.45, 7) is 4.24. The second kappa shape index (κ2) is 10.6. The van der Waals surface area contributed by atoms with Crippen molar-refractivity contribution in [2.45, 2.75) is 25.5 Å². The predicted molar refractivity (Wildman–Crippen MR) is 138 cm³/mol. The van der Waals surface area contributed by atoms with Crippen LogP contribution < -0.4 is 5.32 Å². The number of carbonyl (C=O) groups is 3. The minimum Gasteiger partial charge on any atom is -0.465 e. The SMILES string of the molecule is CCn1c(SCC(=O)Nc2sc(C(=O)OC)c(C)c2C(=O)OC)nnc1-c1csc2ccccc12. The van der Waals surface area contributed by atoms with E-state index in [2.05, 4.69) is 33.0 Å². The van der Waals surface area contributed by atoms with Crippen molar-refractivity contribution in [3.63, 3.8) is 0 Å². The van der Waals surface area contributed by atoms with Crippen molar-refractivity contribution in [3.8, 4) is 11.4 Å². The molecule has 3 aromatic heterocycles. The molecule has 0 aliphatic carbocycles. The van der Waals surface area contributed by atoms with Gasteiger partial charge in [-0.15, -0.1) is 32.9 Å². The molecule has 1 N–H and O–H groups in total. The number of ether oxygens (including phenoxy) is 2. The van der Waals surface area contributed by atoms with Gasteiger partial charge in [0.05, 0.1) is 25.5 Å². The topological polar surface area (TPSA) is 112 Å². The minimum atomic E-state index is -0.643. The van der Waals surface area contributed by atoms with Gasteiger partial charge in [-0.1, -0.05) is 30.0 Å². The third-order valence-electron chi connectivity index (χ3n) is 5.25. The first-order chi connectivity index (χ1) is 16.9. The van der Waals surface area contributed by atoms with Crippen LogP contribution in [0.5, 0.6) is 0 Å². The Morgan fingerprint density at radius 3 is 2.57 bits per heavy atom. The van der Waals surface area contributed by atoms with Gasteiger partial charge in [-0.25, -0.2) is 9.59 Å². The zero-order chi connectivity index (χ0) is 25.1. The molecule has 35 heavy (non-hydrogen) atoms. The van der Waals surface area contributed by atoms with Crippen molar-refractivity contribution in [2.75, 3.05) is 25.3 Å². The number of thioether (sulfide) groups is 1. The molecule has 0 fully saturated rings. The summed E-state index contributed by atoms with van der Waals surface area (Å²) in [6, 6.07) is 8.12. The van der Waals surface area contributed by atoms with Crippen molar-refractivity contribution in [1.82, 2.24) is 14.8 Å². The van der Waals surface area contributed by atoms with Crippen LogP contribution in [-0.2, 0) is 20.8 Å². The molecule has 9 nitrogen and oxygen atoms in total. The van der Waals surface area contributed by atoms with Crippen molar-refractivity contribution >= 4 is 67.4 Å². The predicted octanol–water partition coefficient (Wildman–Crippen LogP) is 4.85. The van der Waals surface area contributed by atoms with E-state index in [-0.39, 0.29) is 27.1 Å². The van der Waals surface area contributed by atoms with Gasteiger partial charge in [-0.2, -0.15) is 0 Å². The molecule has 0 aliphatic heterocycles. The molecular weight excluding hydrogens is 508 g/mol. The van der Waals surface area contributed by atoms with Crippen molar-refractivity contribution in [1.29, 1.82) is 0 Å². The third kappa shape index (κ3) is 4.81. The molecule has 3 heterocycles. The standard InChI is InChI=1S/C23H22N4O5S3/c1-5-27-19(14-10-33-15-9-7-6-8-13(14)15)25-26-23(27)34-11-16(28)24-20-17(21(29)31-3)12(2)18(35-20)22(30)32-4/h6-10H,5,11H2,1-4H3,(H,24,28). The Morgan fingerprint density at radius 2 is 1.86 bits per heavy atom. The van der Waals surface area contributed by atoms with Crippen LogP contribution in [0.1, 0.15) is 32.5 Å². The number of aromatic nitrogens is 3. The van der Waals surface area contributed by atoms with Crippen LogP contribution in [0, 0.1) is 6.92 Å². The summed E-state index contributed by atoms with van der Waals surface area (Å²) >= 11 is 3.86. The molecule has 12 heteroatoms. The number of benzene rings is 1. The van der Waals surface area contributed by atoms with Crippen molar-refractivity contribution in [3.05, 3.63) is 45.6 Å². The van der Waals surface area contributed by atoms with Gasteiger partial charge in [0, 0.05) is 27.6 Å². The van der Waals surface area contributed by atoms with Crippen LogP contribution in [0.4, 0.5) is 5.00 Å². The summed E-state index contributed by atoms with van der Waals surface area (Å²) in [4.78, 5) is 37.3. The summed E-state index contributed by atoms with van der Waals surface area (Å²) in [7, 11) is 2.50. The second-order valence-electron chi connectivity index (χ2n) is 7.28. The highest BCUT2D eigenvalue weighted by molar-refractivity contribution is 7.99. The zero-order valence-corrected chi connectivity index (χ0v) is 21.9. The maximum absolute atomic E-state index is 12.8. The first-order valence-corrected chi connectivity index (χ1v) is 13.2. The summed E-state index contributed by atoms with van der Waals surface area (Å²) < 4.78 is 12.7. The Kier molecular flexibility index (Phi) is 7.53. The molecule has 4 aromatic rings. The number of methoxy groups -OCH3 is 2. The second-order valence-corrected chi connectivity index (χ2v) is 10.2. The molecule has 0 bridgehead atoms. The van der Waals surface area contributed by atoms with E-state index in [9.17, 15) is 14.4 Å². The number of hydrogen-bond acceptors (Lipinski definition) is 10. The van der Waals surface area contributed by atoms with Crippen LogP contribution >= 0.6 is 34.4 Å². The molecule has 182 valence electrons. The van der Waals surface area contributed by atoms with Gasteiger partial charge >= 0.3 is 11.9 Å². The van der Waals surface area contributed by atoms with Crippen molar-refractivity contribution < 1.29 is 23.9 Å². The molecule has 0 spiro atoms. The molecule has 0 atom stereocenters. The summed E-state index contributed by atoms with van der Waals surface area (Å²) in [5.74, 6) is -0.802. The molecule has 0 saturated heterocycles. The fourth-order valence-corrected chi connectivity index (χ4v) is 6.43. The highest BCUT2D eigenvalue weighted by Gasteiger charge is 2.27. The minimum absolute atomic E-state index is 0.0354. The summed E-state index contributed by atoms with van der Waals surface area (Å²) in [6.07, 6.45) is 0. The van der Waals surface area contributed by atoms with Gasteiger partial charge in [0.15, 0.2) is 11.0 Å². The number of hydrogen-bond donors (Lipinski definition) is 1. The molecule has 1 aromatic carbocycles. The van der Waals surface area contributed by atoms with E-state index in [0.717, 1.165) is 28.1 Å². The number of fused-ring (bicyclic) bond motifs is 1. The average Bonchev–Trinajstić information content (AvgIpc) is 3.56. The largest absolute Gasteiger partial charge is 0.465 e. The van der Waals surface area contributed by atoms with Crippen LogP contribution in [0.3, 0.4) is 0 Å². The number of anilines is 1. The van der Waals surface area contributed by atoms with Gasteiger partial charge in [0.25, 0.3) is 0 Å². The molecular formula is C23H22N4O5S3. The monoisotopic (exact) mass is 530 g/mol. The van der Waals surface area contributed by atoms with E-state index in [4.69, 9.17) is 9.47 Å². The highest BCUT2D eigenvalue weighted by Crippen LogP contribution is 2.36. The zero-order valence-electron chi connectivity index (χ0n) is 19.4. The fourth-order valence-electron chi connectivity index (χ4n) is 3.56. The summed E-state index contributed by atoms with van der Waals surface area (Å²) in [5, 5.41) is 15.4. The van der Waals surface area contributed by atoms with E-state index in [1.807, 2.05) is 23.6 Å². The van der Waals surface area contributed by atoms with Crippen LogP contribution in [0.15, 0.2) is 34.8 Å². The lowest BCUT2D eigenvalue weighted by Gasteiger charge is -2.08. The van der Waals surface area contributed by atoms with Crippen LogP contribution in [0.25, 0.3) is 21.5 Å². The molecule has 1 amide bonds. The van der Waals surface area contributed by atoms with Gasteiger partial charge < -0.3 is 19.4 Å². The number of amides is 1. The molecule has 0 aliphatic rings. The first kappa shape index (κ1) is 24.9. The Bertz CT molecular complexity index is 1420. The smallest absolute Gasteiger partial charge is 0.348 e. The maximum Gasteiger partial charge on any atom is 0.348 e. The number of rotatable bonds is 8. The fraction of sp³-hybridized carbons (Fsp3) is 0.261. The Balaban J connectivity index is 1.53. The number of thiophene rings is 2. The Morgan fingerprint density at radius 1 is 1.11 bits per heavy atom. The Hall–Kier alpha value is -3.22. The van der Waals surface area contributed by atoms with Gasteiger partial charge in [-0.05, 0) is 25.5 Å². The number of esters is 2. The molecule has 0 unspecified atom stereocenters. The lowest BCUT2D eigenvalue weighted by atomic mass is 10.1. The average molecular weight is 531 g/mol. The number of nitrogens with zero attached hydrogens (tertiary/aromatic N) is 3. The summed E-state index contributed by atoms with van der Waals surface area (Å²) in [5.41, 5.74) is 1.54. The molecule has 0 saturated carbocycles. The lowest BCUT2D eigenvalue weighted by Crippen LogP contribution is -2.16. The van der Waals surface area contributed by atoms with E-state index >= 15 is 0 Å². The number of nitrogens with one attached hydrogen (secondary N) is 1. The number of carbonyl (C=O) groups excluding carboxylic acids is 3. The van der Waals surface area contributed by atoms with Crippen LogP contribution in [0.2, 0.25) is 0 Å². The van der Waals surface area contributed by atoms with Crippen LogP contribution in [-0.4, -0.2) is 52.6 Å². The van der Waals surface area contributed by atoms with Gasteiger partial charge in [-0.3, -0.25) is 4.79 Å². The molecule has 0 radical (unpaired) electrons. The van der Waals surface area contributed by atoms with E-state index < -0.39 is 11.9 Å². The van der Waals surface area contributed by atoms with E-state index in [1.165, 1.54) is 30.7 Å². The van der Waals surface area contributed by atoms with Gasteiger partial charge in [0.1, 0.15) is 9.88 Å². The van der Waals surface area contributed by atoms with Crippen molar-refractivity contribution in [2.24, 2.45) is 0 Å². The van der Waals surface area contributed by atoms with E-state index in [1.54, 1.807) is 18.3 Å². The normalized spacial score (nSPS) is 11.0. The highest BCUT2D eigenvalue weighted by atomic mass is 32.2. The Labute approximate surface area is 213 Å². The van der Waals surface area contributed by atoms with E-state index in [0.29, 0.717) is 17.3 Å².